The van der Waals surface area contributed by atoms with Crippen LogP contribution in [0.1, 0.15) is 21.0 Å². The number of carbonyl (C=O) groups excluding carboxylic acids is 1. The number of primary amides is 1. The van der Waals surface area contributed by atoms with Crippen LogP contribution < -0.4 is 16.9 Å². The lowest BCUT2D eigenvalue weighted by molar-refractivity contribution is 0.0688. The monoisotopic (exact) mass is 379 g/mol. The molecular formula is C18H13N5O5. The summed E-state index contributed by atoms with van der Waals surface area (Å²) >= 11 is 0. The van der Waals surface area contributed by atoms with E-state index in [0.29, 0.717) is 22.1 Å². The number of benzene rings is 2. The summed E-state index contributed by atoms with van der Waals surface area (Å²) in [5, 5.41) is 8.64. The van der Waals surface area contributed by atoms with Crippen LogP contribution in [0.5, 0.6) is 0 Å². The number of carboxylic acid groups (broad SMARTS) is 1. The summed E-state index contributed by atoms with van der Waals surface area (Å²) in [6.45, 7) is 0. The molecule has 4 aromatic rings. The largest absolute Gasteiger partial charge is 0.476 e. The van der Waals surface area contributed by atoms with Gasteiger partial charge in [0, 0.05) is 0 Å². The Labute approximate surface area is 155 Å². The van der Waals surface area contributed by atoms with Crippen molar-refractivity contribution in [2.45, 2.75) is 0 Å². The van der Waals surface area contributed by atoms with Crippen molar-refractivity contribution in [3.63, 3.8) is 0 Å². The van der Waals surface area contributed by atoms with Crippen molar-refractivity contribution in [3.05, 3.63) is 80.6 Å². The number of aromatic nitrogens is 4. The first-order chi connectivity index (χ1) is 13.4. The van der Waals surface area contributed by atoms with Gasteiger partial charge in [-0.2, -0.15) is 0 Å². The minimum atomic E-state index is -1.32. The highest BCUT2D eigenvalue weighted by atomic mass is 16.4. The maximum atomic E-state index is 11.3. The molecule has 5 N–H and O–H groups in total. The molecule has 10 heteroatoms. The molecule has 0 unspecified atom stereocenters. The average Bonchev–Trinajstić information content (AvgIpc) is 2.67. The summed E-state index contributed by atoms with van der Waals surface area (Å²) in [6, 6.07) is 13.7. The van der Waals surface area contributed by atoms with Crippen molar-refractivity contribution in [2.75, 3.05) is 0 Å². The molecule has 2 aromatic heterocycles. The second-order valence-corrected chi connectivity index (χ2v) is 5.53. The molecule has 140 valence electrons. The Hall–Kier alpha value is -4.34. The average molecular weight is 379 g/mol. The Balaban J connectivity index is 0.000000161. The summed E-state index contributed by atoms with van der Waals surface area (Å²) in [5.41, 5.74) is 5.12. The highest BCUT2D eigenvalue weighted by Gasteiger charge is 2.11. The number of aromatic amines is 2. The molecular weight excluding hydrogens is 366 g/mol. The highest BCUT2D eigenvalue weighted by Crippen LogP contribution is 2.06. The van der Waals surface area contributed by atoms with E-state index < -0.39 is 28.7 Å². The highest BCUT2D eigenvalue weighted by molar-refractivity contribution is 5.92. The van der Waals surface area contributed by atoms with Crippen LogP contribution in [-0.4, -0.2) is 36.9 Å². The third-order valence-corrected chi connectivity index (χ3v) is 3.64. The Morgan fingerprint density at radius 3 is 1.68 bits per heavy atom. The fourth-order valence-electron chi connectivity index (χ4n) is 2.37. The number of carbonyl (C=O) groups is 2. The lowest BCUT2D eigenvalue weighted by atomic mass is 10.3. The van der Waals surface area contributed by atoms with E-state index in [2.05, 4.69) is 19.9 Å². The number of hydrogen-bond acceptors (Lipinski definition) is 6. The van der Waals surface area contributed by atoms with Crippen molar-refractivity contribution < 1.29 is 14.7 Å². The summed E-state index contributed by atoms with van der Waals surface area (Å²) in [6.07, 6.45) is 0. The summed E-state index contributed by atoms with van der Waals surface area (Å²) in [7, 11) is 0. The summed E-state index contributed by atoms with van der Waals surface area (Å²) in [4.78, 5) is 56.4. The number of aromatic carboxylic acids is 1. The molecule has 2 heterocycles. The first-order valence-corrected chi connectivity index (χ1v) is 7.88. The van der Waals surface area contributed by atoms with Gasteiger partial charge in [-0.05, 0) is 24.3 Å². The van der Waals surface area contributed by atoms with Gasteiger partial charge in [0.2, 0.25) is 5.69 Å². The smallest absolute Gasteiger partial charge is 0.360 e. The zero-order valence-corrected chi connectivity index (χ0v) is 14.2. The predicted octanol–water partition coefficient (Wildman–Crippen LogP) is 0.643. The number of hydrogen-bond donors (Lipinski definition) is 4. The Kier molecular flexibility index (Phi) is 4.94. The van der Waals surface area contributed by atoms with E-state index in [1.807, 2.05) is 0 Å². The first-order valence-electron chi connectivity index (χ1n) is 7.88. The first kappa shape index (κ1) is 18.5. The van der Waals surface area contributed by atoms with E-state index in [9.17, 15) is 19.2 Å². The lowest BCUT2D eigenvalue weighted by Crippen LogP contribution is -2.25. The fraction of sp³-hybridized carbons (Fsp3) is 0. The minimum Gasteiger partial charge on any atom is -0.476 e. The number of rotatable bonds is 2. The molecule has 2 aromatic carbocycles. The van der Waals surface area contributed by atoms with Gasteiger partial charge in [-0.1, -0.05) is 24.3 Å². The fourth-order valence-corrected chi connectivity index (χ4v) is 2.37. The molecule has 0 bridgehead atoms. The molecule has 0 saturated heterocycles. The predicted molar refractivity (Wildman–Crippen MR) is 100 cm³/mol. The van der Waals surface area contributed by atoms with Crippen molar-refractivity contribution in [3.8, 4) is 0 Å². The van der Waals surface area contributed by atoms with Crippen LogP contribution in [0.15, 0.2) is 58.1 Å². The van der Waals surface area contributed by atoms with Gasteiger partial charge in [-0.3, -0.25) is 14.4 Å². The van der Waals surface area contributed by atoms with Crippen molar-refractivity contribution in [1.82, 2.24) is 19.9 Å². The van der Waals surface area contributed by atoms with Gasteiger partial charge in [0.15, 0.2) is 5.69 Å². The topological polar surface area (TPSA) is 172 Å². The molecule has 10 nitrogen and oxygen atoms in total. The number of amides is 1. The van der Waals surface area contributed by atoms with Gasteiger partial charge in [0.25, 0.3) is 17.0 Å². The SMILES string of the molecule is NC(=O)c1nc2ccccc2[nH]c1=O.O=C(O)c1nc2ccccc2[nH]c1=O. The minimum absolute atomic E-state index is 0.260. The maximum absolute atomic E-state index is 11.3. The Morgan fingerprint density at radius 2 is 1.21 bits per heavy atom. The number of nitrogens with zero attached hydrogens (tertiary/aromatic N) is 2. The molecule has 0 saturated carbocycles. The second-order valence-electron chi connectivity index (χ2n) is 5.53. The number of H-pyrrole nitrogens is 2. The van der Waals surface area contributed by atoms with Gasteiger partial charge < -0.3 is 20.8 Å². The van der Waals surface area contributed by atoms with Gasteiger partial charge in [0.05, 0.1) is 22.1 Å². The van der Waals surface area contributed by atoms with Crippen LogP contribution in [0.4, 0.5) is 0 Å². The van der Waals surface area contributed by atoms with Crippen LogP contribution in [0.3, 0.4) is 0 Å². The molecule has 0 fully saturated rings. The molecule has 0 spiro atoms. The Morgan fingerprint density at radius 1 is 0.786 bits per heavy atom. The lowest BCUT2D eigenvalue weighted by Gasteiger charge is -1.97. The molecule has 0 atom stereocenters. The van der Waals surface area contributed by atoms with E-state index in [4.69, 9.17) is 10.8 Å². The van der Waals surface area contributed by atoms with Gasteiger partial charge in [-0.15, -0.1) is 0 Å². The van der Waals surface area contributed by atoms with Gasteiger partial charge >= 0.3 is 5.97 Å². The van der Waals surface area contributed by atoms with Crippen LogP contribution in [0, 0.1) is 0 Å². The van der Waals surface area contributed by atoms with Crippen molar-refractivity contribution >= 4 is 33.9 Å². The van der Waals surface area contributed by atoms with Crippen LogP contribution in [0.25, 0.3) is 22.1 Å². The van der Waals surface area contributed by atoms with Crippen LogP contribution in [0.2, 0.25) is 0 Å². The number of fused-ring (bicyclic) bond motifs is 2. The zero-order valence-electron chi connectivity index (χ0n) is 14.2. The third kappa shape index (κ3) is 3.75. The van der Waals surface area contributed by atoms with E-state index >= 15 is 0 Å². The molecule has 0 radical (unpaired) electrons. The number of para-hydroxylation sites is 4. The van der Waals surface area contributed by atoms with E-state index in [1.165, 1.54) is 0 Å². The normalized spacial score (nSPS) is 10.3. The molecule has 1 amide bonds. The summed E-state index contributed by atoms with van der Waals surface area (Å²) in [5.74, 6) is -2.14. The van der Waals surface area contributed by atoms with Crippen molar-refractivity contribution in [2.24, 2.45) is 5.73 Å². The molecule has 0 aliphatic rings. The second kappa shape index (κ2) is 7.50. The quantitative estimate of drug-likeness (QED) is 0.395. The van der Waals surface area contributed by atoms with E-state index in [1.54, 1.807) is 48.5 Å². The van der Waals surface area contributed by atoms with E-state index in [0.717, 1.165) is 0 Å². The number of nitrogens with one attached hydrogen (secondary N) is 2. The summed E-state index contributed by atoms with van der Waals surface area (Å²) < 4.78 is 0. The maximum Gasteiger partial charge on any atom is 0.360 e. The number of carboxylic acids is 1. The van der Waals surface area contributed by atoms with Crippen LogP contribution in [-0.2, 0) is 0 Å². The zero-order chi connectivity index (χ0) is 20.3. The van der Waals surface area contributed by atoms with Gasteiger partial charge in [0.1, 0.15) is 0 Å². The third-order valence-electron chi connectivity index (χ3n) is 3.64. The van der Waals surface area contributed by atoms with Crippen molar-refractivity contribution in [1.29, 1.82) is 0 Å². The molecule has 0 aliphatic heterocycles. The number of nitrogens with two attached hydrogens (primary N) is 1. The molecule has 28 heavy (non-hydrogen) atoms. The standard InChI is InChI=1S/C9H7N3O2.C9H6N2O3/c10-8(13)7-9(14)12-6-4-2-1-3-5(6)11-7;12-8-7(9(13)14)10-5-3-1-2-4-6(5)11-8/h1-4H,(H2,10,13)(H,12,14);1-4H,(H,11,12)(H,13,14). The molecule has 4 rings (SSSR count). The molecule has 0 aliphatic carbocycles. The Bertz CT molecular complexity index is 1220. The van der Waals surface area contributed by atoms with Gasteiger partial charge in [-0.25, -0.2) is 14.8 Å². The van der Waals surface area contributed by atoms with E-state index in [-0.39, 0.29) is 5.69 Å². The van der Waals surface area contributed by atoms with Crippen LogP contribution >= 0.6 is 0 Å².